The number of oxime groups is 1. The van der Waals surface area contributed by atoms with Gasteiger partial charge in [-0.1, -0.05) is 23.4 Å². The number of rotatable bonds is 17. The number of carbonyl (C=O) groups excluding carboxylic acids is 1. The fraction of sp³-hybridized carbons (Fsp3) is 0.375. The topological polar surface area (TPSA) is 141 Å². The van der Waals surface area contributed by atoms with Crippen molar-refractivity contribution in [2.45, 2.75) is 40.7 Å². The zero-order valence-corrected chi connectivity index (χ0v) is 26.8. The molecule has 3 aromatic carbocycles. The Balaban J connectivity index is 1.81. The number of hydrogen-bond acceptors (Lipinski definition) is 10. The third-order valence-corrected chi connectivity index (χ3v) is 9.06. The van der Waals surface area contributed by atoms with Gasteiger partial charge in [-0.15, -0.1) is 0 Å². The third kappa shape index (κ3) is 8.34. The maximum Gasteiger partial charge on any atom is 0.332 e. The van der Waals surface area contributed by atoms with Crippen molar-refractivity contribution in [3.8, 4) is 5.75 Å². The number of hydrogen-bond donors (Lipinski definition) is 0. The van der Waals surface area contributed by atoms with Gasteiger partial charge in [-0.25, -0.2) is 4.79 Å². The van der Waals surface area contributed by atoms with Crippen LogP contribution in [-0.2, 0) is 34.5 Å². The summed E-state index contributed by atoms with van der Waals surface area (Å²) in [5, 5.41) is 17.3. The highest BCUT2D eigenvalue weighted by Gasteiger charge is 2.24. The smallest absolute Gasteiger partial charge is 0.332 e. The highest BCUT2D eigenvalue weighted by atomic mass is 31.2. The van der Waals surface area contributed by atoms with Crippen molar-refractivity contribution in [2.75, 3.05) is 39.2 Å². The normalized spacial score (nSPS) is 12.1. The zero-order valence-electron chi connectivity index (χ0n) is 25.9. The van der Waals surface area contributed by atoms with Gasteiger partial charge in [-0.2, -0.15) is 0 Å². The number of ether oxygens (including phenoxy) is 2. The van der Waals surface area contributed by atoms with E-state index in [0.717, 1.165) is 16.4 Å². The van der Waals surface area contributed by atoms with Gasteiger partial charge in [-0.3, -0.25) is 14.7 Å². The van der Waals surface area contributed by atoms with Crippen LogP contribution in [0.5, 0.6) is 5.75 Å². The van der Waals surface area contributed by atoms with E-state index in [-0.39, 0.29) is 25.1 Å². The summed E-state index contributed by atoms with van der Waals surface area (Å²) in [6.45, 7) is 8.99. The van der Waals surface area contributed by atoms with E-state index < -0.39 is 18.5 Å². The van der Waals surface area contributed by atoms with Crippen molar-refractivity contribution in [3.05, 3.63) is 81.9 Å². The number of nitrogens with zero attached hydrogens (tertiary/aromatic N) is 3. The molecule has 0 unspecified atom stereocenters. The molecule has 0 spiro atoms. The first-order valence-electron chi connectivity index (χ1n) is 14.9. The fourth-order valence-electron chi connectivity index (χ4n) is 5.09. The highest BCUT2D eigenvalue weighted by molar-refractivity contribution is 7.53. The van der Waals surface area contributed by atoms with E-state index in [1.165, 1.54) is 19.1 Å². The molecule has 0 aliphatic rings. The van der Waals surface area contributed by atoms with Crippen LogP contribution in [0.4, 0.5) is 5.69 Å². The molecule has 0 aliphatic heterocycles. The lowest BCUT2D eigenvalue weighted by molar-refractivity contribution is -0.384. The first-order valence-corrected chi connectivity index (χ1v) is 16.6. The lowest BCUT2D eigenvalue weighted by atomic mass is 9.99. The number of nitro benzene ring substituents is 1. The third-order valence-electron chi connectivity index (χ3n) is 6.90. The maximum absolute atomic E-state index is 13.1. The molecule has 0 fully saturated rings. The summed E-state index contributed by atoms with van der Waals surface area (Å²) in [5.74, 6) is -0.0683. The van der Waals surface area contributed by atoms with Crippen molar-refractivity contribution in [1.82, 2.24) is 4.57 Å². The second kappa shape index (κ2) is 15.8. The summed E-state index contributed by atoms with van der Waals surface area (Å²) in [7, 11) is -3.25. The molecule has 13 heteroatoms. The van der Waals surface area contributed by atoms with Gasteiger partial charge < -0.3 is 27.9 Å². The standard InChI is InChI=1S/C32H38N3O9P/c1-5-40-18-19-41-31-12-9-8-11-26(31)32(33-44-23(4)36)24-13-15-29-27(21-24)28-22-25(35(37)38)14-16-30(28)34(29)17-10-20-45(39,42-6-2)43-7-3/h8-9,11-16,21-22H,5-7,10,17-20H2,1-4H3/b33-32-. The molecule has 0 saturated heterocycles. The zero-order chi connectivity index (χ0) is 32.4. The van der Waals surface area contributed by atoms with Crippen LogP contribution in [0.2, 0.25) is 0 Å². The van der Waals surface area contributed by atoms with Gasteiger partial charge in [0.15, 0.2) is 0 Å². The Kier molecular flexibility index (Phi) is 11.8. The highest BCUT2D eigenvalue weighted by Crippen LogP contribution is 2.48. The Morgan fingerprint density at radius 3 is 2.29 bits per heavy atom. The second-order valence-electron chi connectivity index (χ2n) is 9.93. The first-order chi connectivity index (χ1) is 21.7. The monoisotopic (exact) mass is 639 g/mol. The molecule has 12 nitrogen and oxygen atoms in total. The van der Waals surface area contributed by atoms with Crippen molar-refractivity contribution in [1.29, 1.82) is 0 Å². The molecule has 45 heavy (non-hydrogen) atoms. The number of non-ortho nitro benzene ring substituents is 1. The fourth-order valence-corrected chi connectivity index (χ4v) is 6.73. The van der Waals surface area contributed by atoms with E-state index in [1.807, 2.05) is 47.9 Å². The van der Waals surface area contributed by atoms with Crippen molar-refractivity contribution < 1.29 is 37.6 Å². The predicted octanol–water partition coefficient (Wildman–Crippen LogP) is 7.09. The van der Waals surface area contributed by atoms with Crippen LogP contribution in [-0.4, -0.2) is 60.4 Å². The molecule has 0 radical (unpaired) electrons. The van der Waals surface area contributed by atoms with Crippen LogP contribution >= 0.6 is 7.60 Å². The van der Waals surface area contributed by atoms with Gasteiger partial charge in [0, 0.05) is 65.1 Å². The van der Waals surface area contributed by atoms with E-state index in [0.29, 0.717) is 60.8 Å². The quantitative estimate of drug-likeness (QED) is 0.0296. The molecule has 0 N–H and O–H groups in total. The van der Waals surface area contributed by atoms with Gasteiger partial charge in [0.05, 0.1) is 30.9 Å². The average Bonchev–Trinajstić information content (AvgIpc) is 3.32. The number of fused-ring (bicyclic) bond motifs is 3. The van der Waals surface area contributed by atoms with Crippen LogP contribution in [0.25, 0.3) is 21.8 Å². The summed E-state index contributed by atoms with van der Waals surface area (Å²) in [5.41, 5.74) is 3.07. The maximum atomic E-state index is 13.1. The van der Waals surface area contributed by atoms with Crippen molar-refractivity contribution in [2.24, 2.45) is 5.16 Å². The molecule has 4 aromatic rings. The largest absolute Gasteiger partial charge is 0.490 e. The van der Waals surface area contributed by atoms with Crippen molar-refractivity contribution >= 4 is 46.8 Å². The van der Waals surface area contributed by atoms with Crippen LogP contribution < -0.4 is 4.74 Å². The number of benzene rings is 3. The Morgan fingerprint density at radius 2 is 1.62 bits per heavy atom. The van der Waals surface area contributed by atoms with E-state index in [1.54, 1.807) is 26.0 Å². The Labute approximate surface area is 261 Å². The predicted molar refractivity (Wildman–Crippen MR) is 172 cm³/mol. The molecule has 0 bridgehead atoms. The molecule has 0 aliphatic carbocycles. The van der Waals surface area contributed by atoms with Crippen LogP contribution in [0.15, 0.2) is 65.8 Å². The minimum absolute atomic E-state index is 0.0500. The van der Waals surface area contributed by atoms with Crippen molar-refractivity contribution in [3.63, 3.8) is 0 Å². The number of carbonyl (C=O) groups is 1. The summed E-state index contributed by atoms with van der Waals surface area (Å²) in [6.07, 6.45) is 0.709. The molecular weight excluding hydrogens is 601 g/mol. The number of para-hydroxylation sites is 1. The molecule has 240 valence electrons. The molecular formula is C32H38N3O9P. The Morgan fingerprint density at radius 1 is 0.933 bits per heavy atom. The van der Waals surface area contributed by atoms with Gasteiger partial charge in [0.2, 0.25) is 0 Å². The summed E-state index contributed by atoms with van der Waals surface area (Å²) in [4.78, 5) is 28.2. The molecule has 4 rings (SSSR count). The number of aromatic nitrogens is 1. The van der Waals surface area contributed by atoms with E-state index >= 15 is 0 Å². The molecule has 1 heterocycles. The number of aryl methyl sites for hydroxylation is 1. The lowest BCUT2D eigenvalue weighted by Gasteiger charge is -2.17. The minimum Gasteiger partial charge on any atom is -0.490 e. The Bertz CT molecular complexity index is 1720. The number of nitro groups is 1. The second-order valence-corrected chi connectivity index (χ2v) is 12.1. The van der Waals surface area contributed by atoms with Crippen LogP contribution in [0.3, 0.4) is 0 Å². The molecule has 1 aromatic heterocycles. The molecule has 0 atom stereocenters. The van der Waals surface area contributed by atoms with E-state index in [9.17, 15) is 19.5 Å². The average molecular weight is 640 g/mol. The van der Waals surface area contributed by atoms with Gasteiger partial charge >= 0.3 is 13.6 Å². The SMILES string of the molecule is CCOCCOc1ccccc1/C(=N\OC(C)=O)c1ccc2c(c1)c1cc([N+](=O)[O-])ccc1n2CCCP(=O)(OCC)OCC. The molecule has 0 saturated carbocycles. The lowest BCUT2D eigenvalue weighted by Crippen LogP contribution is -2.12. The van der Waals surface area contributed by atoms with E-state index in [4.69, 9.17) is 23.4 Å². The summed E-state index contributed by atoms with van der Waals surface area (Å²) >= 11 is 0. The summed E-state index contributed by atoms with van der Waals surface area (Å²) in [6, 6.07) is 17.6. The minimum atomic E-state index is -3.25. The van der Waals surface area contributed by atoms with Gasteiger partial charge in [-0.05, 0) is 57.5 Å². The summed E-state index contributed by atoms with van der Waals surface area (Å²) < 4.78 is 37.4. The first kappa shape index (κ1) is 33.8. The van der Waals surface area contributed by atoms with Gasteiger partial charge in [0.1, 0.15) is 18.1 Å². The Hall–Kier alpha value is -4.09. The van der Waals surface area contributed by atoms with Gasteiger partial charge in [0.25, 0.3) is 5.69 Å². The van der Waals surface area contributed by atoms with Crippen LogP contribution in [0.1, 0.15) is 45.2 Å². The van der Waals surface area contributed by atoms with Crippen LogP contribution in [0, 0.1) is 10.1 Å². The van der Waals surface area contributed by atoms with E-state index in [2.05, 4.69) is 5.16 Å². The molecule has 0 amide bonds.